The average molecular weight is 250 g/mol. The SMILES string of the molecule is COC[C@H](C)N(C)C(=O)c1ccc(N(C)C)cc1. The number of anilines is 1. The number of amides is 1. The van der Waals surface area contributed by atoms with E-state index in [1.165, 1.54) is 0 Å². The molecule has 0 saturated heterocycles. The summed E-state index contributed by atoms with van der Waals surface area (Å²) in [7, 11) is 7.39. The van der Waals surface area contributed by atoms with Crippen molar-refractivity contribution in [1.82, 2.24) is 4.90 Å². The molecule has 0 saturated carbocycles. The molecule has 4 heteroatoms. The molecule has 0 heterocycles. The van der Waals surface area contributed by atoms with Crippen LogP contribution < -0.4 is 4.90 Å². The van der Waals surface area contributed by atoms with Gasteiger partial charge in [0.2, 0.25) is 0 Å². The van der Waals surface area contributed by atoms with E-state index in [0.717, 1.165) is 5.69 Å². The molecule has 1 aromatic carbocycles. The number of rotatable bonds is 5. The lowest BCUT2D eigenvalue weighted by Gasteiger charge is -2.24. The van der Waals surface area contributed by atoms with E-state index >= 15 is 0 Å². The lowest BCUT2D eigenvalue weighted by molar-refractivity contribution is 0.0633. The first-order valence-electron chi connectivity index (χ1n) is 6.01. The van der Waals surface area contributed by atoms with E-state index in [4.69, 9.17) is 4.74 Å². The lowest BCUT2D eigenvalue weighted by atomic mass is 10.1. The molecule has 0 radical (unpaired) electrons. The highest BCUT2D eigenvalue weighted by Gasteiger charge is 2.17. The van der Waals surface area contributed by atoms with Crippen molar-refractivity contribution >= 4 is 11.6 Å². The molecule has 0 aliphatic heterocycles. The summed E-state index contributed by atoms with van der Waals surface area (Å²) in [6, 6.07) is 7.67. The van der Waals surface area contributed by atoms with Crippen molar-refractivity contribution in [1.29, 1.82) is 0 Å². The summed E-state index contributed by atoms with van der Waals surface area (Å²) in [6.07, 6.45) is 0. The second-order valence-corrected chi connectivity index (χ2v) is 4.66. The van der Waals surface area contributed by atoms with Crippen LogP contribution in [0.25, 0.3) is 0 Å². The molecule has 0 aliphatic carbocycles. The molecule has 1 rings (SSSR count). The summed E-state index contributed by atoms with van der Waals surface area (Å²) in [5.41, 5.74) is 1.78. The van der Waals surface area contributed by atoms with E-state index in [0.29, 0.717) is 12.2 Å². The van der Waals surface area contributed by atoms with Gasteiger partial charge in [-0.1, -0.05) is 0 Å². The summed E-state index contributed by atoms with van der Waals surface area (Å²) < 4.78 is 5.06. The third kappa shape index (κ3) is 3.47. The van der Waals surface area contributed by atoms with Crippen molar-refractivity contribution in [2.24, 2.45) is 0 Å². The van der Waals surface area contributed by atoms with Gasteiger partial charge in [0.25, 0.3) is 5.91 Å². The maximum Gasteiger partial charge on any atom is 0.253 e. The zero-order valence-electron chi connectivity index (χ0n) is 11.8. The predicted molar refractivity (Wildman–Crippen MR) is 74.2 cm³/mol. The molecular formula is C14H22N2O2. The third-order valence-corrected chi connectivity index (χ3v) is 3.02. The van der Waals surface area contributed by atoms with Crippen LogP contribution in [0.3, 0.4) is 0 Å². The number of ether oxygens (including phenoxy) is 1. The van der Waals surface area contributed by atoms with Crippen LogP contribution in [0, 0.1) is 0 Å². The Bertz CT molecular complexity index is 387. The highest BCUT2D eigenvalue weighted by molar-refractivity contribution is 5.94. The van der Waals surface area contributed by atoms with Gasteiger partial charge in [0.05, 0.1) is 12.6 Å². The molecule has 18 heavy (non-hydrogen) atoms. The molecule has 0 spiro atoms. The van der Waals surface area contributed by atoms with Gasteiger partial charge < -0.3 is 14.5 Å². The zero-order valence-corrected chi connectivity index (χ0v) is 11.8. The maximum absolute atomic E-state index is 12.2. The first-order valence-corrected chi connectivity index (χ1v) is 6.01. The number of benzene rings is 1. The molecule has 0 bridgehead atoms. The van der Waals surface area contributed by atoms with Gasteiger partial charge in [-0.15, -0.1) is 0 Å². The zero-order chi connectivity index (χ0) is 13.7. The van der Waals surface area contributed by atoms with Gasteiger partial charge in [0.15, 0.2) is 0 Å². The van der Waals surface area contributed by atoms with Crippen LogP contribution in [0.4, 0.5) is 5.69 Å². The largest absolute Gasteiger partial charge is 0.383 e. The average Bonchev–Trinajstić information content (AvgIpc) is 2.37. The summed E-state index contributed by atoms with van der Waals surface area (Å²) >= 11 is 0. The number of likely N-dealkylation sites (N-methyl/N-ethyl adjacent to an activating group) is 1. The van der Waals surface area contributed by atoms with E-state index < -0.39 is 0 Å². The molecule has 1 aromatic rings. The van der Waals surface area contributed by atoms with Crippen molar-refractivity contribution < 1.29 is 9.53 Å². The van der Waals surface area contributed by atoms with Gasteiger partial charge in [-0.05, 0) is 31.2 Å². The molecule has 0 N–H and O–H groups in total. The van der Waals surface area contributed by atoms with Gasteiger partial charge in [-0.3, -0.25) is 4.79 Å². The monoisotopic (exact) mass is 250 g/mol. The minimum atomic E-state index is 0.0184. The molecular weight excluding hydrogens is 228 g/mol. The van der Waals surface area contributed by atoms with E-state index in [1.54, 1.807) is 19.1 Å². The number of methoxy groups -OCH3 is 1. The van der Waals surface area contributed by atoms with E-state index in [-0.39, 0.29) is 11.9 Å². The molecule has 0 fully saturated rings. The minimum absolute atomic E-state index is 0.0184. The quantitative estimate of drug-likeness (QED) is 0.799. The molecule has 100 valence electrons. The van der Waals surface area contributed by atoms with Crippen LogP contribution in [0.15, 0.2) is 24.3 Å². The Hall–Kier alpha value is -1.55. The summed E-state index contributed by atoms with van der Waals surface area (Å²) in [5, 5.41) is 0. The molecule has 0 aromatic heterocycles. The topological polar surface area (TPSA) is 32.8 Å². The van der Waals surface area contributed by atoms with E-state index in [1.807, 2.05) is 50.2 Å². The standard InChI is InChI=1S/C14H22N2O2/c1-11(10-18-5)16(4)14(17)12-6-8-13(9-7-12)15(2)3/h6-9,11H,10H2,1-5H3/t11-/m0/s1. The van der Waals surface area contributed by atoms with Crippen LogP contribution in [0.2, 0.25) is 0 Å². The van der Waals surface area contributed by atoms with Gasteiger partial charge in [0.1, 0.15) is 0 Å². The van der Waals surface area contributed by atoms with Crippen molar-refractivity contribution in [2.75, 3.05) is 39.8 Å². The Labute approximate surface area is 109 Å². The Morgan fingerprint density at radius 3 is 2.22 bits per heavy atom. The smallest absolute Gasteiger partial charge is 0.253 e. The summed E-state index contributed by atoms with van der Waals surface area (Å²) in [5.74, 6) is 0.0184. The summed E-state index contributed by atoms with van der Waals surface area (Å²) in [4.78, 5) is 15.9. The fourth-order valence-electron chi connectivity index (χ4n) is 1.66. The normalized spacial score (nSPS) is 12.1. The Balaban J connectivity index is 2.77. The fourth-order valence-corrected chi connectivity index (χ4v) is 1.66. The van der Waals surface area contributed by atoms with Gasteiger partial charge in [-0.25, -0.2) is 0 Å². The molecule has 0 unspecified atom stereocenters. The highest BCUT2D eigenvalue weighted by Crippen LogP contribution is 2.14. The third-order valence-electron chi connectivity index (χ3n) is 3.02. The molecule has 1 amide bonds. The number of hydrogen-bond acceptors (Lipinski definition) is 3. The minimum Gasteiger partial charge on any atom is -0.383 e. The van der Waals surface area contributed by atoms with Gasteiger partial charge in [-0.2, -0.15) is 0 Å². The second kappa shape index (κ2) is 6.40. The van der Waals surface area contributed by atoms with Crippen LogP contribution >= 0.6 is 0 Å². The van der Waals surface area contributed by atoms with Crippen LogP contribution in [0.5, 0.6) is 0 Å². The number of carbonyl (C=O) groups is 1. The van der Waals surface area contributed by atoms with E-state index in [9.17, 15) is 4.79 Å². The van der Waals surface area contributed by atoms with Crippen molar-refractivity contribution in [3.8, 4) is 0 Å². The van der Waals surface area contributed by atoms with E-state index in [2.05, 4.69) is 0 Å². The van der Waals surface area contributed by atoms with Gasteiger partial charge in [0, 0.05) is 39.5 Å². The first kappa shape index (κ1) is 14.5. The lowest BCUT2D eigenvalue weighted by Crippen LogP contribution is -2.37. The summed E-state index contributed by atoms with van der Waals surface area (Å²) in [6.45, 7) is 2.51. The van der Waals surface area contributed by atoms with Crippen molar-refractivity contribution in [2.45, 2.75) is 13.0 Å². The number of hydrogen-bond donors (Lipinski definition) is 0. The Kier molecular flexibility index (Phi) is 5.16. The van der Waals surface area contributed by atoms with Crippen LogP contribution in [-0.2, 0) is 4.74 Å². The Morgan fingerprint density at radius 2 is 1.78 bits per heavy atom. The van der Waals surface area contributed by atoms with Crippen LogP contribution in [-0.4, -0.2) is 51.7 Å². The predicted octanol–water partition coefficient (Wildman–Crippen LogP) is 1.86. The maximum atomic E-state index is 12.2. The molecule has 1 atom stereocenters. The molecule has 4 nitrogen and oxygen atoms in total. The van der Waals surface area contributed by atoms with Gasteiger partial charge >= 0.3 is 0 Å². The Morgan fingerprint density at radius 1 is 1.22 bits per heavy atom. The fraction of sp³-hybridized carbons (Fsp3) is 0.500. The number of carbonyl (C=O) groups excluding carboxylic acids is 1. The van der Waals surface area contributed by atoms with Crippen molar-refractivity contribution in [3.63, 3.8) is 0 Å². The van der Waals surface area contributed by atoms with Crippen LogP contribution in [0.1, 0.15) is 17.3 Å². The molecule has 0 aliphatic rings. The highest BCUT2D eigenvalue weighted by atomic mass is 16.5. The first-order chi connectivity index (χ1) is 8.47. The second-order valence-electron chi connectivity index (χ2n) is 4.66. The van der Waals surface area contributed by atoms with Crippen molar-refractivity contribution in [3.05, 3.63) is 29.8 Å². The number of nitrogens with zero attached hydrogens (tertiary/aromatic N) is 2.